The van der Waals surface area contributed by atoms with Crippen LogP contribution in [0.3, 0.4) is 0 Å². The maximum absolute atomic E-state index is 12.2. The number of hydrogen-bond donors (Lipinski definition) is 1. The summed E-state index contributed by atoms with van der Waals surface area (Å²) in [6, 6.07) is 7.77. The minimum Gasteiger partial charge on any atom is -0.342 e. The molecule has 6 nitrogen and oxygen atoms in total. The third-order valence-electron chi connectivity index (χ3n) is 4.28. The molecule has 2 heterocycles. The highest BCUT2D eigenvalue weighted by Crippen LogP contribution is 2.27. The SMILES string of the molecule is CCS(=O)(=O)C(C)C(=O)N1CC(c2nc3ccccc3[nH]2)C1. The zero-order chi connectivity index (χ0) is 15.9. The molecule has 1 N–H and O–H groups in total. The van der Waals surface area contributed by atoms with Crippen LogP contribution < -0.4 is 0 Å². The number of likely N-dealkylation sites (tertiary alicyclic amines) is 1. The molecule has 0 aliphatic carbocycles. The molecule has 7 heteroatoms. The van der Waals surface area contributed by atoms with E-state index in [2.05, 4.69) is 9.97 Å². The minimum absolute atomic E-state index is 0.0131. The maximum atomic E-state index is 12.2. The topological polar surface area (TPSA) is 83.1 Å². The van der Waals surface area contributed by atoms with E-state index < -0.39 is 15.1 Å². The van der Waals surface area contributed by atoms with Crippen molar-refractivity contribution in [2.24, 2.45) is 0 Å². The normalized spacial score (nSPS) is 17.5. The Balaban J connectivity index is 1.68. The molecule has 1 atom stereocenters. The van der Waals surface area contributed by atoms with Gasteiger partial charge in [0.1, 0.15) is 11.1 Å². The van der Waals surface area contributed by atoms with Crippen LogP contribution in [0.5, 0.6) is 0 Å². The molecule has 0 bridgehead atoms. The highest BCUT2D eigenvalue weighted by Gasteiger charge is 2.38. The highest BCUT2D eigenvalue weighted by molar-refractivity contribution is 7.92. The van der Waals surface area contributed by atoms with Gasteiger partial charge in [-0.25, -0.2) is 13.4 Å². The van der Waals surface area contributed by atoms with Crippen molar-refractivity contribution in [1.82, 2.24) is 14.9 Å². The second-order valence-corrected chi connectivity index (χ2v) is 8.28. The van der Waals surface area contributed by atoms with Crippen LogP contribution >= 0.6 is 0 Å². The van der Waals surface area contributed by atoms with Crippen LogP contribution in [0.15, 0.2) is 24.3 Å². The van der Waals surface area contributed by atoms with Crippen LogP contribution in [-0.4, -0.2) is 53.3 Å². The molecule has 1 aromatic carbocycles. The Kier molecular flexibility index (Phi) is 3.68. The van der Waals surface area contributed by atoms with Gasteiger partial charge in [-0.1, -0.05) is 19.1 Å². The van der Waals surface area contributed by atoms with E-state index >= 15 is 0 Å². The summed E-state index contributed by atoms with van der Waals surface area (Å²) in [6.07, 6.45) is 0. The summed E-state index contributed by atoms with van der Waals surface area (Å²) in [6.45, 7) is 4.06. The van der Waals surface area contributed by atoms with E-state index in [1.807, 2.05) is 24.3 Å². The number of fused-ring (bicyclic) bond motifs is 1. The Labute approximate surface area is 129 Å². The molecule has 0 spiro atoms. The number of nitrogens with zero attached hydrogens (tertiary/aromatic N) is 2. The van der Waals surface area contributed by atoms with Crippen LogP contribution in [0.4, 0.5) is 0 Å². The number of carbonyl (C=O) groups is 1. The molecule has 3 rings (SSSR count). The van der Waals surface area contributed by atoms with Crippen molar-refractivity contribution in [3.63, 3.8) is 0 Å². The number of rotatable bonds is 4. The van der Waals surface area contributed by atoms with Gasteiger partial charge < -0.3 is 9.88 Å². The van der Waals surface area contributed by atoms with E-state index in [-0.39, 0.29) is 17.6 Å². The number of benzene rings is 1. The molecule has 2 aromatic rings. The van der Waals surface area contributed by atoms with E-state index in [0.717, 1.165) is 16.9 Å². The molecule has 1 aromatic heterocycles. The lowest BCUT2D eigenvalue weighted by Crippen LogP contribution is -2.53. The van der Waals surface area contributed by atoms with Gasteiger partial charge in [-0.05, 0) is 19.1 Å². The van der Waals surface area contributed by atoms with Gasteiger partial charge >= 0.3 is 0 Å². The highest BCUT2D eigenvalue weighted by atomic mass is 32.2. The summed E-state index contributed by atoms with van der Waals surface area (Å²) < 4.78 is 23.6. The first-order chi connectivity index (χ1) is 10.4. The van der Waals surface area contributed by atoms with E-state index in [9.17, 15) is 13.2 Å². The summed E-state index contributed by atoms with van der Waals surface area (Å²) in [4.78, 5) is 21.6. The number of aromatic amines is 1. The first kappa shape index (κ1) is 15.0. The average molecular weight is 321 g/mol. The van der Waals surface area contributed by atoms with Crippen LogP contribution in [0, 0.1) is 0 Å². The van der Waals surface area contributed by atoms with Crippen LogP contribution in [-0.2, 0) is 14.6 Å². The second kappa shape index (κ2) is 5.39. The van der Waals surface area contributed by atoms with Crippen LogP contribution in [0.25, 0.3) is 11.0 Å². The number of para-hydroxylation sites is 2. The smallest absolute Gasteiger partial charge is 0.240 e. The largest absolute Gasteiger partial charge is 0.342 e. The maximum Gasteiger partial charge on any atom is 0.240 e. The molecule has 1 aliphatic rings. The number of H-pyrrole nitrogens is 1. The standard InChI is InChI=1S/C15H19N3O3S/c1-3-22(20,21)10(2)15(19)18-8-11(9-18)14-16-12-6-4-5-7-13(12)17-14/h4-7,10-11H,3,8-9H2,1-2H3,(H,16,17). The molecule has 22 heavy (non-hydrogen) atoms. The Morgan fingerprint density at radius 3 is 2.73 bits per heavy atom. The van der Waals surface area contributed by atoms with Crippen molar-refractivity contribution in [3.8, 4) is 0 Å². The van der Waals surface area contributed by atoms with Gasteiger partial charge in [0.25, 0.3) is 0 Å². The summed E-state index contributed by atoms with van der Waals surface area (Å²) in [5.74, 6) is 0.680. The quantitative estimate of drug-likeness (QED) is 0.920. The predicted octanol–water partition coefficient (Wildman–Crippen LogP) is 1.31. The summed E-state index contributed by atoms with van der Waals surface area (Å²) in [7, 11) is -3.34. The van der Waals surface area contributed by atoms with E-state index in [0.29, 0.717) is 13.1 Å². The van der Waals surface area contributed by atoms with Crippen LogP contribution in [0.1, 0.15) is 25.6 Å². The first-order valence-corrected chi connectivity index (χ1v) is 9.09. The van der Waals surface area contributed by atoms with E-state index in [1.165, 1.54) is 6.92 Å². The second-order valence-electron chi connectivity index (χ2n) is 5.67. The van der Waals surface area contributed by atoms with Crippen molar-refractivity contribution < 1.29 is 13.2 Å². The first-order valence-electron chi connectivity index (χ1n) is 7.37. The Hall–Kier alpha value is -1.89. The number of imidazole rings is 1. The third-order valence-corrected chi connectivity index (χ3v) is 6.36. The van der Waals surface area contributed by atoms with Gasteiger partial charge in [0.2, 0.25) is 5.91 Å². The van der Waals surface area contributed by atoms with Gasteiger partial charge in [-0.2, -0.15) is 0 Å². The van der Waals surface area contributed by atoms with Gasteiger partial charge in [-0.15, -0.1) is 0 Å². The molecule has 1 fully saturated rings. The summed E-state index contributed by atoms with van der Waals surface area (Å²) in [5, 5.41) is -0.964. The monoisotopic (exact) mass is 321 g/mol. The lowest BCUT2D eigenvalue weighted by molar-refractivity contribution is -0.134. The number of nitrogens with one attached hydrogen (secondary N) is 1. The Bertz CT molecular complexity index is 773. The number of aromatic nitrogens is 2. The molecule has 1 unspecified atom stereocenters. The van der Waals surface area contributed by atoms with E-state index in [4.69, 9.17) is 0 Å². The van der Waals surface area contributed by atoms with Crippen molar-refractivity contribution in [1.29, 1.82) is 0 Å². The fraction of sp³-hybridized carbons (Fsp3) is 0.467. The molecular weight excluding hydrogens is 302 g/mol. The summed E-state index contributed by atoms with van der Waals surface area (Å²) in [5.41, 5.74) is 1.88. The van der Waals surface area contributed by atoms with Crippen molar-refractivity contribution in [3.05, 3.63) is 30.1 Å². The molecular formula is C15H19N3O3S. The number of carbonyl (C=O) groups excluding carboxylic acids is 1. The van der Waals surface area contributed by atoms with Crippen LogP contribution in [0.2, 0.25) is 0 Å². The van der Waals surface area contributed by atoms with Crippen molar-refractivity contribution >= 4 is 26.8 Å². The lowest BCUT2D eigenvalue weighted by atomic mass is 9.99. The lowest BCUT2D eigenvalue weighted by Gasteiger charge is -2.39. The van der Waals surface area contributed by atoms with Crippen molar-refractivity contribution in [2.75, 3.05) is 18.8 Å². The number of hydrogen-bond acceptors (Lipinski definition) is 4. The van der Waals surface area contributed by atoms with Gasteiger partial charge in [0, 0.05) is 18.8 Å². The number of amides is 1. The molecule has 1 amide bonds. The fourth-order valence-corrected chi connectivity index (χ4v) is 3.61. The number of sulfone groups is 1. The van der Waals surface area contributed by atoms with Gasteiger partial charge in [-0.3, -0.25) is 4.79 Å². The zero-order valence-electron chi connectivity index (χ0n) is 12.6. The van der Waals surface area contributed by atoms with Gasteiger partial charge in [0.15, 0.2) is 9.84 Å². The Morgan fingerprint density at radius 2 is 2.09 bits per heavy atom. The van der Waals surface area contributed by atoms with Gasteiger partial charge in [0.05, 0.1) is 17.0 Å². The average Bonchev–Trinajstić information content (AvgIpc) is 2.87. The molecule has 118 valence electrons. The summed E-state index contributed by atoms with van der Waals surface area (Å²) >= 11 is 0. The fourth-order valence-electron chi connectivity index (χ4n) is 2.66. The molecule has 1 saturated heterocycles. The minimum atomic E-state index is -3.34. The molecule has 0 saturated carbocycles. The predicted molar refractivity (Wildman–Crippen MR) is 84.3 cm³/mol. The third kappa shape index (κ3) is 2.49. The molecule has 0 radical (unpaired) electrons. The van der Waals surface area contributed by atoms with E-state index in [1.54, 1.807) is 11.8 Å². The molecule has 1 aliphatic heterocycles. The zero-order valence-corrected chi connectivity index (χ0v) is 13.4. The Morgan fingerprint density at radius 1 is 1.41 bits per heavy atom. The van der Waals surface area contributed by atoms with Crippen molar-refractivity contribution in [2.45, 2.75) is 25.0 Å².